The molecule has 0 spiro atoms. The fourth-order valence-electron chi connectivity index (χ4n) is 5.27. The summed E-state index contributed by atoms with van der Waals surface area (Å²) < 4.78 is 25.9. The molecule has 0 aliphatic heterocycles. The Bertz CT molecular complexity index is 1040. The minimum absolute atomic E-state index is 0.146. The number of rotatable bonds is 15. The highest BCUT2D eigenvalue weighted by Gasteiger charge is 2.36. The number of esters is 1. The van der Waals surface area contributed by atoms with Gasteiger partial charge in [-0.15, -0.1) is 0 Å². The lowest BCUT2D eigenvalue weighted by Crippen LogP contribution is -2.31. The van der Waals surface area contributed by atoms with Crippen LogP contribution in [0.1, 0.15) is 114 Å². The maximum atomic E-state index is 14.6. The molecule has 0 aromatic heterocycles. The number of nitriles is 1. The first kappa shape index (κ1) is 29.7. The molecule has 0 heterocycles. The van der Waals surface area contributed by atoms with Crippen LogP contribution in [-0.2, 0) is 4.74 Å². The number of ether oxygens (including phenoxy) is 2. The van der Waals surface area contributed by atoms with E-state index in [1.54, 1.807) is 18.2 Å². The lowest BCUT2D eigenvalue weighted by atomic mass is 9.71. The number of carbonyl (C=O) groups excluding carboxylic acids is 1. The third-order valence-electron chi connectivity index (χ3n) is 7.80. The van der Waals surface area contributed by atoms with Crippen LogP contribution in [-0.4, -0.2) is 18.7 Å². The van der Waals surface area contributed by atoms with Crippen LogP contribution in [0.3, 0.4) is 0 Å². The van der Waals surface area contributed by atoms with Crippen LogP contribution in [0, 0.1) is 22.6 Å². The number of halogens is 1. The van der Waals surface area contributed by atoms with Crippen molar-refractivity contribution in [3.05, 3.63) is 53.8 Å². The standard InChI is InChI=1S/C33H44FNO3/c1-3-5-7-9-10-20-33(25-35)21-18-29(19-22-33)38-32(36)27-14-12-26(13-15-27)28-16-17-31(30(34)24-28)37-23-11-8-6-4-2/h12-17,24,29H,3-11,18-23H2,1-2H3. The summed E-state index contributed by atoms with van der Waals surface area (Å²) in [5.74, 6) is -0.452. The average Bonchev–Trinajstić information content (AvgIpc) is 2.94. The molecule has 38 heavy (non-hydrogen) atoms. The van der Waals surface area contributed by atoms with Crippen molar-refractivity contribution in [2.24, 2.45) is 5.41 Å². The Hall–Kier alpha value is -2.87. The van der Waals surface area contributed by atoms with Crippen molar-refractivity contribution in [2.45, 2.75) is 110 Å². The van der Waals surface area contributed by atoms with Crippen molar-refractivity contribution in [2.75, 3.05) is 6.61 Å². The first-order valence-electron chi connectivity index (χ1n) is 14.7. The number of unbranched alkanes of at least 4 members (excludes halogenated alkanes) is 7. The molecule has 0 saturated heterocycles. The summed E-state index contributed by atoms with van der Waals surface area (Å²) >= 11 is 0. The quantitative estimate of drug-likeness (QED) is 0.173. The molecule has 0 bridgehead atoms. The maximum Gasteiger partial charge on any atom is 0.338 e. The molecule has 4 nitrogen and oxygen atoms in total. The van der Waals surface area contributed by atoms with Crippen LogP contribution in [0.2, 0.25) is 0 Å². The van der Waals surface area contributed by atoms with Crippen molar-refractivity contribution in [3.8, 4) is 22.9 Å². The molecular weight excluding hydrogens is 477 g/mol. The van der Waals surface area contributed by atoms with Gasteiger partial charge in [0.1, 0.15) is 6.10 Å². The minimum atomic E-state index is -0.381. The van der Waals surface area contributed by atoms with Crippen molar-refractivity contribution in [1.29, 1.82) is 5.26 Å². The number of carbonyl (C=O) groups is 1. The number of hydrogen-bond acceptors (Lipinski definition) is 4. The predicted molar refractivity (Wildman–Crippen MR) is 151 cm³/mol. The summed E-state index contributed by atoms with van der Waals surface area (Å²) in [6.45, 7) is 4.88. The Labute approximate surface area is 228 Å². The summed E-state index contributed by atoms with van der Waals surface area (Å²) in [4.78, 5) is 12.8. The monoisotopic (exact) mass is 521 g/mol. The molecule has 5 heteroatoms. The minimum Gasteiger partial charge on any atom is -0.491 e. The summed E-state index contributed by atoms with van der Waals surface area (Å²) in [5.41, 5.74) is 1.78. The van der Waals surface area contributed by atoms with Gasteiger partial charge in [0.15, 0.2) is 11.6 Å². The van der Waals surface area contributed by atoms with Crippen LogP contribution in [0.15, 0.2) is 42.5 Å². The summed E-state index contributed by atoms with van der Waals surface area (Å²) in [7, 11) is 0. The van der Waals surface area contributed by atoms with E-state index in [9.17, 15) is 14.4 Å². The molecule has 1 aliphatic carbocycles. The second-order valence-electron chi connectivity index (χ2n) is 10.8. The van der Waals surface area contributed by atoms with Crippen LogP contribution in [0.4, 0.5) is 4.39 Å². The topological polar surface area (TPSA) is 59.3 Å². The van der Waals surface area contributed by atoms with Crippen LogP contribution < -0.4 is 4.74 Å². The molecule has 206 valence electrons. The van der Waals surface area contributed by atoms with Crippen molar-refractivity contribution < 1.29 is 18.7 Å². The highest BCUT2D eigenvalue weighted by molar-refractivity contribution is 5.90. The van der Waals surface area contributed by atoms with E-state index >= 15 is 0 Å². The largest absolute Gasteiger partial charge is 0.491 e. The van der Waals surface area contributed by atoms with Gasteiger partial charge in [0.25, 0.3) is 0 Å². The summed E-state index contributed by atoms with van der Waals surface area (Å²) in [6.07, 6.45) is 14.2. The molecule has 0 unspecified atom stereocenters. The highest BCUT2D eigenvalue weighted by atomic mass is 19.1. The smallest absolute Gasteiger partial charge is 0.338 e. The Kier molecular flexibility index (Phi) is 12.1. The van der Waals surface area contributed by atoms with Gasteiger partial charge in [-0.1, -0.05) is 83.4 Å². The van der Waals surface area contributed by atoms with Gasteiger partial charge in [0, 0.05) is 0 Å². The highest BCUT2D eigenvalue weighted by Crippen LogP contribution is 2.41. The molecule has 2 aromatic carbocycles. The third-order valence-corrected chi connectivity index (χ3v) is 7.80. The van der Waals surface area contributed by atoms with Crippen LogP contribution >= 0.6 is 0 Å². The molecule has 0 radical (unpaired) electrons. The fraction of sp³-hybridized carbons (Fsp3) is 0.576. The van der Waals surface area contributed by atoms with Gasteiger partial charge in [0.05, 0.1) is 23.7 Å². The van der Waals surface area contributed by atoms with E-state index in [4.69, 9.17) is 9.47 Å². The molecule has 1 saturated carbocycles. The summed E-state index contributed by atoms with van der Waals surface area (Å²) in [5, 5.41) is 9.82. The zero-order valence-electron chi connectivity index (χ0n) is 23.3. The summed E-state index contributed by atoms with van der Waals surface area (Å²) in [6, 6.07) is 14.7. The molecule has 0 N–H and O–H groups in total. The Morgan fingerprint density at radius 3 is 2.18 bits per heavy atom. The normalized spacial score (nSPS) is 19.1. The second-order valence-corrected chi connectivity index (χ2v) is 10.8. The molecule has 3 rings (SSSR count). The SMILES string of the molecule is CCCCCCCC1(C#N)CCC(OC(=O)c2ccc(-c3ccc(OCCCCCC)c(F)c3)cc2)CC1. The van der Waals surface area contributed by atoms with Crippen molar-refractivity contribution in [3.63, 3.8) is 0 Å². The molecule has 1 fully saturated rings. The number of hydrogen-bond donors (Lipinski definition) is 0. The third kappa shape index (κ3) is 8.86. The van der Waals surface area contributed by atoms with Gasteiger partial charge >= 0.3 is 5.97 Å². The Morgan fingerprint density at radius 1 is 0.921 bits per heavy atom. The second kappa shape index (κ2) is 15.5. The lowest BCUT2D eigenvalue weighted by molar-refractivity contribution is 0.0105. The molecule has 0 atom stereocenters. The van der Waals surface area contributed by atoms with E-state index in [0.717, 1.165) is 75.3 Å². The van der Waals surface area contributed by atoms with Crippen LogP contribution in [0.5, 0.6) is 5.75 Å². The van der Waals surface area contributed by atoms with E-state index < -0.39 is 0 Å². The Morgan fingerprint density at radius 2 is 1.55 bits per heavy atom. The Balaban J connectivity index is 1.48. The fourth-order valence-corrected chi connectivity index (χ4v) is 5.27. The lowest BCUT2D eigenvalue weighted by Gasteiger charge is -2.34. The first-order valence-corrected chi connectivity index (χ1v) is 14.7. The van der Waals surface area contributed by atoms with Crippen LogP contribution in [0.25, 0.3) is 11.1 Å². The van der Waals surface area contributed by atoms with Gasteiger partial charge in [-0.25, -0.2) is 9.18 Å². The van der Waals surface area contributed by atoms with Gasteiger partial charge < -0.3 is 9.47 Å². The molecular formula is C33H44FNO3. The van der Waals surface area contributed by atoms with Gasteiger partial charge in [0.2, 0.25) is 0 Å². The molecule has 2 aromatic rings. The van der Waals surface area contributed by atoms with Gasteiger partial charge in [-0.3, -0.25) is 0 Å². The predicted octanol–water partition coefficient (Wildman–Crippen LogP) is 9.42. The number of nitrogens with zero attached hydrogens (tertiary/aromatic N) is 1. The van der Waals surface area contributed by atoms with Gasteiger partial charge in [-0.2, -0.15) is 5.26 Å². The van der Waals surface area contributed by atoms with E-state index in [1.165, 1.54) is 31.7 Å². The maximum absolute atomic E-state index is 14.6. The van der Waals surface area contributed by atoms with Crippen molar-refractivity contribution >= 4 is 5.97 Å². The average molecular weight is 522 g/mol. The first-order chi connectivity index (χ1) is 18.5. The van der Waals surface area contributed by atoms with E-state index in [1.807, 2.05) is 18.2 Å². The number of benzene rings is 2. The van der Waals surface area contributed by atoms with Gasteiger partial charge in [-0.05, 0) is 73.9 Å². The zero-order chi connectivity index (χ0) is 27.2. The van der Waals surface area contributed by atoms with E-state index in [0.29, 0.717) is 12.2 Å². The van der Waals surface area contributed by atoms with E-state index in [2.05, 4.69) is 19.9 Å². The van der Waals surface area contributed by atoms with Crippen molar-refractivity contribution in [1.82, 2.24) is 0 Å². The van der Waals surface area contributed by atoms with E-state index in [-0.39, 0.29) is 29.1 Å². The molecule has 1 aliphatic rings. The molecule has 0 amide bonds. The zero-order valence-corrected chi connectivity index (χ0v) is 23.3.